The lowest BCUT2D eigenvalue weighted by Gasteiger charge is -2.26. The highest BCUT2D eigenvalue weighted by Crippen LogP contribution is 2.19. The first kappa shape index (κ1) is 16.6. The first-order chi connectivity index (χ1) is 9.25. The molecular weight excluding hydrogens is 259 g/mol. The van der Waals surface area contributed by atoms with Crippen molar-refractivity contribution in [3.63, 3.8) is 0 Å². The van der Waals surface area contributed by atoms with Crippen molar-refractivity contribution in [1.82, 2.24) is 5.32 Å². The Hall–Kier alpha value is -1.46. The van der Waals surface area contributed by atoms with Crippen molar-refractivity contribution >= 4 is 5.91 Å². The van der Waals surface area contributed by atoms with Gasteiger partial charge in [-0.3, -0.25) is 4.79 Å². The summed E-state index contributed by atoms with van der Waals surface area (Å²) in [7, 11) is 1.55. The summed E-state index contributed by atoms with van der Waals surface area (Å²) in [5.74, 6) is -0.524. The first-order valence-corrected chi connectivity index (χ1v) is 6.57. The molecule has 0 saturated heterocycles. The maximum Gasteiger partial charge on any atom is 0.237 e. The van der Waals surface area contributed by atoms with Crippen LogP contribution in [0.25, 0.3) is 0 Å². The van der Waals surface area contributed by atoms with Gasteiger partial charge in [-0.2, -0.15) is 0 Å². The van der Waals surface area contributed by atoms with E-state index in [4.69, 9.17) is 10.5 Å². The molecule has 0 heterocycles. The van der Waals surface area contributed by atoms with Crippen LogP contribution in [0.3, 0.4) is 0 Å². The van der Waals surface area contributed by atoms with Crippen LogP contribution >= 0.6 is 0 Å². The van der Waals surface area contributed by atoms with Gasteiger partial charge in [0.15, 0.2) is 0 Å². The SMILES string of the molecule is COC(CNC(=O)[C@@H](N)C(C)(C)C)c1ccc(F)cc1. The number of nitrogens with two attached hydrogens (primary N) is 1. The summed E-state index contributed by atoms with van der Waals surface area (Å²) in [6.07, 6.45) is -0.327. The summed E-state index contributed by atoms with van der Waals surface area (Å²) in [6, 6.07) is 5.42. The lowest BCUT2D eigenvalue weighted by molar-refractivity contribution is -0.125. The number of nitrogens with one attached hydrogen (secondary N) is 1. The quantitative estimate of drug-likeness (QED) is 0.868. The maximum atomic E-state index is 12.9. The Morgan fingerprint density at radius 3 is 2.35 bits per heavy atom. The van der Waals surface area contributed by atoms with Crippen LogP contribution in [-0.4, -0.2) is 25.6 Å². The molecule has 0 aliphatic carbocycles. The number of hydrogen-bond donors (Lipinski definition) is 2. The zero-order valence-electron chi connectivity index (χ0n) is 12.4. The highest BCUT2D eigenvalue weighted by Gasteiger charge is 2.27. The predicted molar refractivity (Wildman–Crippen MR) is 76.6 cm³/mol. The van der Waals surface area contributed by atoms with E-state index in [9.17, 15) is 9.18 Å². The van der Waals surface area contributed by atoms with Gasteiger partial charge in [0.2, 0.25) is 5.91 Å². The molecule has 112 valence electrons. The van der Waals surface area contributed by atoms with E-state index in [-0.39, 0.29) is 23.2 Å². The molecule has 0 spiro atoms. The lowest BCUT2D eigenvalue weighted by Crippen LogP contribution is -2.49. The standard InChI is InChI=1S/C15H23FN2O2/c1-15(2,3)13(17)14(19)18-9-12(20-4)10-5-7-11(16)8-6-10/h5-8,12-13H,9,17H2,1-4H3,(H,18,19)/t12?,13-/m1/s1. The lowest BCUT2D eigenvalue weighted by atomic mass is 9.87. The number of carbonyl (C=O) groups excluding carboxylic acids is 1. The summed E-state index contributed by atoms with van der Waals surface area (Å²) in [6.45, 7) is 6.02. The predicted octanol–water partition coefficient (Wildman–Crippen LogP) is 2.00. The third kappa shape index (κ3) is 4.58. The van der Waals surface area contributed by atoms with E-state index in [0.717, 1.165) is 5.56 Å². The Morgan fingerprint density at radius 2 is 1.90 bits per heavy atom. The average Bonchev–Trinajstić information content (AvgIpc) is 2.39. The molecule has 0 radical (unpaired) electrons. The summed E-state index contributed by atoms with van der Waals surface area (Å²) >= 11 is 0. The van der Waals surface area contributed by atoms with E-state index in [2.05, 4.69) is 5.32 Å². The van der Waals surface area contributed by atoms with Crippen LogP contribution in [0, 0.1) is 11.2 Å². The number of ether oxygens (including phenoxy) is 1. The summed E-state index contributed by atoms with van der Waals surface area (Å²) in [4.78, 5) is 11.9. The molecule has 1 aromatic carbocycles. The topological polar surface area (TPSA) is 64.3 Å². The molecule has 1 amide bonds. The van der Waals surface area contributed by atoms with Crippen molar-refractivity contribution < 1.29 is 13.9 Å². The Labute approximate surface area is 119 Å². The Balaban J connectivity index is 2.62. The minimum absolute atomic E-state index is 0.221. The van der Waals surface area contributed by atoms with Crippen molar-refractivity contribution in [2.45, 2.75) is 32.9 Å². The summed E-state index contributed by atoms with van der Waals surface area (Å²) in [5.41, 5.74) is 6.38. The van der Waals surface area contributed by atoms with Crippen molar-refractivity contribution in [2.24, 2.45) is 11.1 Å². The van der Waals surface area contributed by atoms with E-state index < -0.39 is 6.04 Å². The number of methoxy groups -OCH3 is 1. The number of carbonyl (C=O) groups is 1. The van der Waals surface area contributed by atoms with Crippen LogP contribution in [0.5, 0.6) is 0 Å². The van der Waals surface area contributed by atoms with Crippen molar-refractivity contribution in [1.29, 1.82) is 0 Å². The minimum Gasteiger partial charge on any atom is -0.375 e. The highest BCUT2D eigenvalue weighted by atomic mass is 19.1. The summed E-state index contributed by atoms with van der Waals surface area (Å²) < 4.78 is 18.2. The summed E-state index contributed by atoms with van der Waals surface area (Å²) in [5, 5.41) is 2.77. The van der Waals surface area contributed by atoms with Gasteiger partial charge in [0.05, 0.1) is 12.1 Å². The van der Waals surface area contributed by atoms with Gasteiger partial charge >= 0.3 is 0 Å². The van der Waals surface area contributed by atoms with Crippen LogP contribution in [0.2, 0.25) is 0 Å². The van der Waals surface area contributed by atoms with Crippen molar-refractivity contribution in [3.8, 4) is 0 Å². The monoisotopic (exact) mass is 282 g/mol. The number of hydrogen-bond acceptors (Lipinski definition) is 3. The second-order valence-corrected chi connectivity index (χ2v) is 5.86. The fourth-order valence-corrected chi connectivity index (χ4v) is 1.71. The van der Waals surface area contributed by atoms with Gasteiger partial charge in [-0.25, -0.2) is 4.39 Å². The van der Waals surface area contributed by atoms with Gasteiger partial charge in [-0.15, -0.1) is 0 Å². The smallest absolute Gasteiger partial charge is 0.237 e. The second-order valence-electron chi connectivity index (χ2n) is 5.86. The molecule has 3 N–H and O–H groups in total. The highest BCUT2D eigenvalue weighted by molar-refractivity contribution is 5.82. The molecule has 0 saturated carbocycles. The molecule has 5 heteroatoms. The molecular formula is C15H23FN2O2. The third-order valence-corrected chi connectivity index (χ3v) is 3.20. The zero-order chi connectivity index (χ0) is 15.3. The van der Waals surface area contributed by atoms with Crippen LogP contribution < -0.4 is 11.1 Å². The second kappa shape index (κ2) is 6.81. The van der Waals surface area contributed by atoms with Crippen molar-refractivity contribution in [2.75, 3.05) is 13.7 Å². The average molecular weight is 282 g/mol. The van der Waals surface area contributed by atoms with E-state index in [1.165, 1.54) is 12.1 Å². The van der Waals surface area contributed by atoms with Crippen LogP contribution in [0.4, 0.5) is 4.39 Å². The number of amides is 1. The molecule has 0 bridgehead atoms. The third-order valence-electron chi connectivity index (χ3n) is 3.20. The fraction of sp³-hybridized carbons (Fsp3) is 0.533. The molecule has 20 heavy (non-hydrogen) atoms. The van der Waals surface area contributed by atoms with Crippen LogP contribution in [-0.2, 0) is 9.53 Å². The molecule has 0 aliphatic heterocycles. The number of rotatable bonds is 5. The Bertz CT molecular complexity index is 440. The molecule has 1 rings (SSSR count). The normalized spacial score (nSPS) is 14.7. The molecule has 1 unspecified atom stereocenters. The van der Waals surface area contributed by atoms with Gasteiger partial charge in [-0.1, -0.05) is 32.9 Å². The molecule has 0 aromatic heterocycles. The molecule has 0 fully saturated rings. The molecule has 1 aromatic rings. The van der Waals surface area contributed by atoms with Gasteiger partial charge in [0.1, 0.15) is 5.82 Å². The van der Waals surface area contributed by atoms with E-state index in [0.29, 0.717) is 6.54 Å². The van der Waals surface area contributed by atoms with Crippen LogP contribution in [0.15, 0.2) is 24.3 Å². The van der Waals surface area contributed by atoms with E-state index in [1.54, 1.807) is 19.2 Å². The molecule has 4 nitrogen and oxygen atoms in total. The van der Waals surface area contributed by atoms with Crippen molar-refractivity contribution in [3.05, 3.63) is 35.6 Å². The molecule has 2 atom stereocenters. The fourth-order valence-electron chi connectivity index (χ4n) is 1.71. The van der Waals surface area contributed by atoms with Crippen LogP contribution in [0.1, 0.15) is 32.4 Å². The molecule has 0 aliphatic rings. The number of benzene rings is 1. The largest absolute Gasteiger partial charge is 0.375 e. The Morgan fingerprint density at radius 1 is 1.35 bits per heavy atom. The maximum absolute atomic E-state index is 12.9. The van der Waals surface area contributed by atoms with Gasteiger partial charge in [-0.05, 0) is 23.1 Å². The van der Waals surface area contributed by atoms with Gasteiger partial charge in [0, 0.05) is 13.7 Å². The number of halogens is 1. The van der Waals surface area contributed by atoms with Gasteiger partial charge in [0.25, 0.3) is 0 Å². The Kier molecular flexibility index (Phi) is 5.65. The van der Waals surface area contributed by atoms with E-state index in [1.807, 2.05) is 20.8 Å². The van der Waals surface area contributed by atoms with Gasteiger partial charge < -0.3 is 15.8 Å². The first-order valence-electron chi connectivity index (χ1n) is 6.57. The minimum atomic E-state index is -0.590. The zero-order valence-corrected chi connectivity index (χ0v) is 12.4. The van der Waals surface area contributed by atoms with E-state index >= 15 is 0 Å².